The second-order valence-electron chi connectivity index (χ2n) is 4.26. The number of thiophene rings is 2. The molecule has 3 rings (SSSR count). The van der Waals surface area contributed by atoms with Crippen molar-refractivity contribution < 1.29 is 9.59 Å². The van der Waals surface area contributed by atoms with Gasteiger partial charge in [-0.05, 0) is 35.7 Å². The third kappa shape index (κ3) is 3.21. The van der Waals surface area contributed by atoms with Crippen LogP contribution in [0.2, 0.25) is 0 Å². The Morgan fingerprint density at radius 3 is 2.41 bits per heavy atom. The summed E-state index contributed by atoms with van der Waals surface area (Å²) in [7, 11) is 0. The Bertz CT molecular complexity index is 782. The van der Waals surface area contributed by atoms with E-state index < -0.39 is 0 Å². The first-order valence-corrected chi connectivity index (χ1v) is 8.09. The van der Waals surface area contributed by atoms with Crippen molar-refractivity contribution in [2.75, 3.05) is 0 Å². The van der Waals surface area contributed by atoms with Gasteiger partial charge in [-0.2, -0.15) is 0 Å². The summed E-state index contributed by atoms with van der Waals surface area (Å²) in [4.78, 5) is 30.0. The van der Waals surface area contributed by atoms with Gasteiger partial charge in [-0.25, -0.2) is 0 Å². The maximum Gasteiger partial charge on any atom is 0.279 e. The molecule has 0 saturated carbocycles. The lowest BCUT2D eigenvalue weighted by molar-refractivity contribution is 0.0851. The number of aromatic nitrogens is 1. The van der Waals surface area contributed by atoms with Gasteiger partial charge in [0.05, 0.1) is 20.3 Å². The number of hydrogen-bond donors (Lipinski definition) is 2. The van der Waals surface area contributed by atoms with E-state index in [-0.39, 0.29) is 11.8 Å². The summed E-state index contributed by atoms with van der Waals surface area (Å²) < 4.78 is 0. The molecule has 0 aliphatic carbocycles. The third-order valence-electron chi connectivity index (χ3n) is 2.78. The lowest BCUT2D eigenvalue weighted by Gasteiger charge is -2.04. The fourth-order valence-electron chi connectivity index (χ4n) is 1.75. The first-order valence-electron chi connectivity index (χ1n) is 6.39. The number of carbonyl (C=O) groups excluding carboxylic acids is 2. The Morgan fingerprint density at radius 2 is 1.73 bits per heavy atom. The molecule has 7 heteroatoms. The van der Waals surface area contributed by atoms with Crippen molar-refractivity contribution in [2.24, 2.45) is 0 Å². The van der Waals surface area contributed by atoms with Gasteiger partial charge in [0, 0.05) is 6.20 Å². The van der Waals surface area contributed by atoms with E-state index in [0.29, 0.717) is 9.75 Å². The monoisotopic (exact) mass is 329 g/mol. The SMILES string of the molecule is O=C(NNC(=O)c1ccc(-c2ccccn2)s1)c1cccs1. The average molecular weight is 329 g/mol. The van der Waals surface area contributed by atoms with E-state index in [1.165, 1.54) is 22.7 Å². The van der Waals surface area contributed by atoms with Gasteiger partial charge in [0.25, 0.3) is 11.8 Å². The number of hydrogen-bond acceptors (Lipinski definition) is 5. The minimum absolute atomic E-state index is 0.329. The fourth-order valence-corrected chi connectivity index (χ4v) is 3.25. The lowest BCUT2D eigenvalue weighted by Crippen LogP contribution is -2.41. The van der Waals surface area contributed by atoms with Gasteiger partial charge < -0.3 is 0 Å². The molecule has 3 aromatic rings. The maximum absolute atomic E-state index is 12.0. The highest BCUT2D eigenvalue weighted by atomic mass is 32.1. The van der Waals surface area contributed by atoms with E-state index in [2.05, 4.69) is 15.8 Å². The highest BCUT2D eigenvalue weighted by molar-refractivity contribution is 7.17. The molecule has 0 radical (unpaired) electrons. The average Bonchev–Trinajstić information content (AvgIpc) is 3.24. The van der Waals surface area contributed by atoms with Crippen molar-refractivity contribution in [1.82, 2.24) is 15.8 Å². The van der Waals surface area contributed by atoms with E-state index in [9.17, 15) is 9.59 Å². The normalized spacial score (nSPS) is 10.2. The molecule has 0 unspecified atom stereocenters. The van der Waals surface area contributed by atoms with Crippen LogP contribution in [0, 0.1) is 0 Å². The first kappa shape index (κ1) is 14.4. The molecule has 5 nitrogen and oxygen atoms in total. The smallest absolute Gasteiger partial charge is 0.266 e. The molecule has 0 bridgehead atoms. The summed E-state index contributed by atoms with van der Waals surface area (Å²) in [5.74, 6) is -0.679. The van der Waals surface area contributed by atoms with Crippen molar-refractivity contribution in [3.63, 3.8) is 0 Å². The van der Waals surface area contributed by atoms with Crippen LogP contribution in [0.25, 0.3) is 10.6 Å². The topological polar surface area (TPSA) is 71.1 Å². The second kappa shape index (κ2) is 6.50. The van der Waals surface area contributed by atoms with Gasteiger partial charge in [-0.1, -0.05) is 12.1 Å². The molecule has 0 fully saturated rings. The van der Waals surface area contributed by atoms with Crippen molar-refractivity contribution in [3.8, 4) is 10.6 Å². The highest BCUT2D eigenvalue weighted by Gasteiger charge is 2.12. The zero-order valence-electron chi connectivity index (χ0n) is 11.3. The summed E-state index contributed by atoms with van der Waals surface area (Å²) >= 11 is 2.63. The number of hydrazine groups is 1. The number of nitrogens with zero attached hydrogens (tertiary/aromatic N) is 1. The van der Waals surface area contributed by atoms with Crippen LogP contribution in [0.15, 0.2) is 54.0 Å². The standard InChI is InChI=1S/C15H11N3O2S2/c19-14(12-5-3-9-21-12)17-18-15(20)13-7-6-11(22-13)10-4-1-2-8-16-10/h1-9H,(H,17,19)(H,18,20). The fraction of sp³-hybridized carbons (Fsp3) is 0. The van der Waals surface area contributed by atoms with Crippen LogP contribution >= 0.6 is 22.7 Å². The molecule has 2 N–H and O–H groups in total. The number of rotatable bonds is 3. The van der Waals surface area contributed by atoms with Crippen LogP contribution in [-0.4, -0.2) is 16.8 Å². The Morgan fingerprint density at radius 1 is 0.909 bits per heavy atom. The predicted molar refractivity (Wildman–Crippen MR) is 86.8 cm³/mol. The van der Waals surface area contributed by atoms with Gasteiger partial charge in [-0.3, -0.25) is 25.4 Å². The molecule has 2 amide bonds. The second-order valence-corrected chi connectivity index (χ2v) is 6.30. The van der Waals surface area contributed by atoms with Gasteiger partial charge in [0.2, 0.25) is 0 Å². The molecule has 0 aromatic carbocycles. The Hall–Kier alpha value is -2.51. The van der Waals surface area contributed by atoms with E-state index in [1.807, 2.05) is 24.3 Å². The minimum Gasteiger partial charge on any atom is -0.266 e. The van der Waals surface area contributed by atoms with Gasteiger partial charge in [-0.15, -0.1) is 22.7 Å². The molecule has 22 heavy (non-hydrogen) atoms. The maximum atomic E-state index is 12.0. The Kier molecular flexibility index (Phi) is 4.27. The van der Waals surface area contributed by atoms with Gasteiger partial charge in [0.15, 0.2) is 0 Å². The quantitative estimate of drug-likeness (QED) is 0.726. The van der Waals surface area contributed by atoms with Crippen LogP contribution in [-0.2, 0) is 0 Å². The largest absolute Gasteiger partial charge is 0.279 e. The van der Waals surface area contributed by atoms with Crippen LogP contribution in [0.5, 0.6) is 0 Å². The van der Waals surface area contributed by atoms with E-state index in [0.717, 1.165) is 10.6 Å². The van der Waals surface area contributed by atoms with Crippen molar-refractivity contribution in [1.29, 1.82) is 0 Å². The van der Waals surface area contributed by atoms with E-state index in [1.54, 1.807) is 29.8 Å². The molecule has 3 heterocycles. The molecule has 110 valence electrons. The van der Waals surface area contributed by atoms with Crippen molar-refractivity contribution in [2.45, 2.75) is 0 Å². The minimum atomic E-state index is -0.350. The highest BCUT2D eigenvalue weighted by Crippen LogP contribution is 2.26. The molecular formula is C15H11N3O2S2. The van der Waals surface area contributed by atoms with Crippen molar-refractivity contribution >= 4 is 34.5 Å². The summed E-state index contributed by atoms with van der Waals surface area (Å²) in [6.07, 6.45) is 1.70. The molecule has 0 saturated heterocycles. The summed E-state index contributed by atoms with van der Waals surface area (Å²) in [6, 6.07) is 12.6. The van der Waals surface area contributed by atoms with E-state index >= 15 is 0 Å². The number of amides is 2. The van der Waals surface area contributed by atoms with Crippen LogP contribution < -0.4 is 10.9 Å². The number of nitrogens with one attached hydrogen (secondary N) is 2. The predicted octanol–water partition coefficient (Wildman–Crippen LogP) is 2.95. The molecule has 3 aromatic heterocycles. The molecular weight excluding hydrogens is 318 g/mol. The Labute approximate surface area is 134 Å². The molecule has 0 aliphatic heterocycles. The summed E-state index contributed by atoms with van der Waals surface area (Å²) in [5, 5.41) is 1.80. The van der Waals surface area contributed by atoms with E-state index in [4.69, 9.17) is 0 Å². The Balaban J connectivity index is 1.64. The van der Waals surface area contributed by atoms with Crippen LogP contribution in [0.4, 0.5) is 0 Å². The first-order chi connectivity index (χ1) is 10.7. The van der Waals surface area contributed by atoms with Crippen LogP contribution in [0.1, 0.15) is 19.3 Å². The lowest BCUT2D eigenvalue weighted by atomic mass is 10.3. The van der Waals surface area contributed by atoms with Crippen LogP contribution in [0.3, 0.4) is 0 Å². The van der Waals surface area contributed by atoms with Crippen molar-refractivity contribution in [3.05, 3.63) is 63.8 Å². The molecule has 0 aliphatic rings. The molecule has 0 atom stereocenters. The van der Waals surface area contributed by atoms with Gasteiger partial charge >= 0.3 is 0 Å². The number of pyridine rings is 1. The third-order valence-corrected chi connectivity index (χ3v) is 4.76. The summed E-state index contributed by atoms with van der Waals surface area (Å²) in [5.41, 5.74) is 5.62. The summed E-state index contributed by atoms with van der Waals surface area (Å²) in [6.45, 7) is 0. The molecule has 0 spiro atoms. The zero-order valence-corrected chi connectivity index (χ0v) is 12.9. The zero-order chi connectivity index (χ0) is 15.4. The number of carbonyl (C=O) groups is 2. The van der Waals surface area contributed by atoms with Gasteiger partial charge in [0.1, 0.15) is 0 Å².